The topological polar surface area (TPSA) is 98.1 Å². The molecule has 8 nitrogen and oxygen atoms in total. The predicted octanol–water partition coefficient (Wildman–Crippen LogP) is 5.33. The second kappa shape index (κ2) is 11.1. The molecular formula is C25H27F6N5O3. The Morgan fingerprint density at radius 2 is 1.69 bits per heavy atom. The molecule has 1 unspecified atom stereocenters. The summed E-state index contributed by atoms with van der Waals surface area (Å²) >= 11 is 0. The molecule has 2 atom stereocenters. The van der Waals surface area contributed by atoms with Crippen molar-refractivity contribution in [2.45, 2.75) is 70.7 Å². The van der Waals surface area contributed by atoms with Gasteiger partial charge in [-0.1, -0.05) is 18.2 Å². The number of nitrogens with zero attached hydrogens (tertiary/aromatic N) is 3. The number of nitrogens with one attached hydrogen (secondary N) is 2. The van der Waals surface area contributed by atoms with Crippen molar-refractivity contribution in [2.75, 3.05) is 0 Å². The molecule has 0 aliphatic carbocycles. The van der Waals surface area contributed by atoms with Crippen LogP contribution in [0, 0.1) is 0 Å². The zero-order valence-corrected chi connectivity index (χ0v) is 21.4. The summed E-state index contributed by atoms with van der Waals surface area (Å²) < 4.78 is 87.4. The van der Waals surface area contributed by atoms with Crippen molar-refractivity contribution in [1.82, 2.24) is 25.2 Å². The second-order valence-electron chi connectivity index (χ2n) is 9.74. The smallest absolute Gasteiger partial charge is 0.416 e. The van der Waals surface area contributed by atoms with E-state index < -0.39 is 60.6 Å². The molecule has 0 aliphatic heterocycles. The van der Waals surface area contributed by atoms with Crippen LogP contribution >= 0.6 is 0 Å². The number of imidazole rings is 1. The van der Waals surface area contributed by atoms with Crippen LogP contribution in [0.25, 0.3) is 11.2 Å². The first kappa shape index (κ1) is 29.7. The Balaban J connectivity index is 1.91. The highest BCUT2D eigenvalue weighted by molar-refractivity contribution is 5.86. The fraction of sp³-hybridized carbons (Fsp3) is 0.440. The van der Waals surface area contributed by atoms with E-state index in [1.807, 2.05) is 0 Å². The van der Waals surface area contributed by atoms with Gasteiger partial charge in [-0.3, -0.25) is 9.36 Å². The van der Waals surface area contributed by atoms with E-state index >= 15 is 0 Å². The van der Waals surface area contributed by atoms with Crippen LogP contribution in [0.4, 0.5) is 31.1 Å². The number of alkyl halides is 6. The van der Waals surface area contributed by atoms with E-state index in [9.17, 15) is 35.9 Å². The third-order valence-corrected chi connectivity index (χ3v) is 5.56. The molecule has 2 amide bonds. The molecule has 0 spiro atoms. The number of rotatable bonds is 7. The maximum absolute atomic E-state index is 13.6. The van der Waals surface area contributed by atoms with Gasteiger partial charge in [-0.15, -0.1) is 0 Å². The number of halogens is 6. The van der Waals surface area contributed by atoms with Crippen LogP contribution in [0.15, 0.2) is 42.6 Å². The highest BCUT2D eigenvalue weighted by Crippen LogP contribution is 2.34. The molecule has 39 heavy (non-hydrogen) atoms. The molecule has 0 bridgehead atoms. The van der Waals surface area contributed by atoms with Gasteiger partial charge < -0.3 is 15.4 Å². The summed E-state index contributed by atoms with van der Waals surface area (Å²) in [5.41, 5.74) is -2.15. The number of benzene rings is 1. The van der Waals surface area contributed by atoms with E-state index in [-0.39, 0.29) is 22.6 Å². The monoisotopic (exact) mass is 559 g/mol. The molecular weight excluding hydrogens is 532 g/mol. The zero-order chi connectivity index (χ0) is 29.2. The van der Waals surface area contributed by atoms with Crippen molar-refractivity contribution >= 4 is 23.2 Å². The summed E-state index contributed by atoms with van der Waals surface area (Å²) in [4.78, 5) is 33.7. The van der Waals surface area contributed by atoms with Crippen LogP contribution < -0.4 is 10.6 Å². The van der Waals surface area contributed by atoms with Gasteiger partial charge in [0.2, 0.25) is 5.91 Å². The van der Waals surface area contributed by atoms with Crippen molar-refractivity contribution in [3.8, 4) is 0 Å². The number of pyridine rings is 1. The van der Waals surface area contributed by atoms with Crippen LogP contribution in [0.5, 0.6) is 0 Å². The van der Waals surface area contributed by atoms with Crippen LogP contribution in [0.1, 0.15) is 50.7 Å². The average molecular weight is 560 g/mol. The summed E-state index contributed by atoms with van der Waals surface area (Å²) in [5.74, 6) is -1.14. The highest BCUT2D eigenvalue weighted by atomic mass is 19.4. The van der Waals surface area contributed by atoms with Crippen LogP contribution in [0.2, 0.25) is 0 Å². The Kier molecular flexibility index (Phi) is 8.46. The Morgan fingerprint density at radius 1 is 1.03 bits per heavy atom. The Bertz CT molecular complexity index is 1330. The van der Waals surface area contributed by atoms with Crippen molar-refractivity contribution in [2.24, 2.45) is 0 Å². The third kappa shape index (κ3) is 7.60. The lowest BCUT2D eigenvalue weighted by molar-refractivity contribution is -0.162. The molecule has 0 aliphatic rings. The minimum Gasteiger partial charge on any atom is -0.444 e. The summed E-state index contributed by atoms with van der Waals surface area (Å²) in [6.45, 7) is 5.05. The number of fused-ring (bicyclic) bond motifs is 1. The fourth-order valence-corrected chi connectivity index (χ4v) is 3.80. The van der Waals surface area contributed by atoms with Crippen molar-refractivity contribution in [3.63, 3.8) is 0 Å². The lowest BCUT2D eigenvalue weighted by atomic mass is 9.99. The quantitative estimate of drug-likeness (QED) is 0.382. The minimum atomic E-state index is -4.73. The normalized spacial score (nSPS) is 14.1. The zero-order valence-electron chi connectivity index (χ0n) is 21.4. The molecule has 0 radical (unpaired) electrons. The van der Waals surface area contributed by atoms with Gasteiger partial charge in [0.1, 0.15) is 29.0 Å². The summed E-state index contributed by atoms with van der Waals surface area (Å²) in [7, 11) is 0. The van der Waals surface area contributed by atoms with E-state index in [4.69, 9.17) is 4.74 Å². The number of ether oxygens (including phenoxy) is 1. The first-order chi connectivity index (χ1) is 18.0. The van der Waals surface area contributed by atoms with Gasteiger partial charge in [0.25, 0.3) is 0 Å². The van der Waals surface area contributed by atoms with Crippen molar-refractivity contribution in [1.29, 1.82) is 0 Å². The summed E-state index contributed by atoms with van der Waals surface area (Å²) in [5, 5.41) is 4.65. The fourth-order valence-electron chi connectivity index (χ4n) is 3.80. The average Bonchev–Trinajstić information content (AvgIpc) is 3.17. The molecule has 14 heteroatoms. The largest absolute Gasteiger partial charge is 0.444 e. The Hall–Kier alpha value is -3.84. The first-order valence-electron chi connectivity index (χ1n) is 11.8. The van der Waals surface area contributed by atoms with E-state index in [0.717, 1.165) is 23.6 Å². The number of carbonyl (C=O) groups excluding carboxylic acids is 2. The summed E-state index contributed by atoms with van der Waals surface area (Å²) in [6.07, 6.45) is -9.72. The number of aromatic nitrogens is 3. The molecule has 3 aromatic rings. The third-order valence-electron chi connectivity index (χ3n) is 5.56. The van der Waals surface area contributed by atoms with Crippen LogP contribution in [-0.4, -0.2) is 44.4 Å². The molecule has 0 fully saturated rings. The lowest BCUT2D eigenvalue weighted by Crippen LogP contribution is -2.49. The minimum absolute atomic E-state index is 0.0610. The van der Waals surface area contributed by atoms with Gasteiger partial charge in [0.15, 0.2) is 5.65 Å². The molecule has 212 valence electrons. The SMILES string of the molecule is CC(n1c(CNC(=O)[C@@H](Cc2ccccc2C(F)(F)F)NC(=O)OC(C)(C)C)nc2cccnc21)C(F)(F)F. The standard InChI is InChI=1S/C25H27F6N5O3/c1-14(24(26,27)28)36-19(34-17-10-7-11-32-20(17)36)13-33-21(37)18(35-22(38)39-23(2,3)4)12-15-8-5-6-9-16(15)25(29,30)31/h5-11,14,18H,12-13H2,1-4H3,(H,33,37)(H,35,38)/t14?,18-/m1/s1. The Morgan fingerprint density at radius 3 is 2.31 bits per heavy atom. The Labute approximate surface area is 219 Å². The highest BCUT2D eigenvalue weighted by Gasteiger charge is 2.40. The molecule has 2 N–H and O–H groups in total. The van der Waals surface area contributed by atoms with Gasteiger partial charge >= 0.3 is 18.4 Å². The maximum atomic E-state index is 13.6. The first-order valence-corrected chi connectivity index (χ1v) is 11.8. The molecule has 3 rings (SSSR count). The van der Waals surface area contributed by atoms with E-state index in [0.29, 0.717) is 0 Å². The number of hydrogen-bond acceptors (Lipinski definition) is 5. The second-order valence-corrected chi connectivity index (χ2v) is 9.74. The van der Waals surface area contributed by atoms with Gasteiger partial charge in [-0.2, -0.15) is 26.3 Å². The van der Waals surface area contributed by atoms with E-state index in [2.05, 4.69) is 20.6 Å². The number of amides is 2. The van der Waals surface area contributed by atoms with Crippen molar-refractivity contribution in [3.05, 3.63) is 59.5 Å². The van der Waals surface area contributed by atoms with Gasteiger partial charge in [0.05, 0.1) is 12.1 Å². The van der Waals surface area contributed by atoms with Gasteiger partial charge in [-0.05, 0) is 51.5 Å². The van der Waals surface area contributed by atoms with Gasteiger partial charge in [-0.25, -0.2) is 14.8 Å². The maximum Gasteiger partial charge on any atom is 0.416 e. The molecule has 2 heterocycles. The van der Waals surface area contributed by atoms with E-state index in [1.54, 1.807) is 20.8 Å². The lowest BCUT2D eigenvalue weighted by Gasteiger charge is -2.24. The van der Waals surface area contributed by atoms with E-state index in [1.165, 1.54) is 30.5 Å². The number of alkyl carbamates (subject to hydrolysis) is 1. The van der Waals surface area contributed by atoms with Crippen molar-refractivity contribution < 1.29 is 40.7 Å². The molecule has 2 aromatic heterocycles. The number of hydrogen-bond donors (Lipinski definition) is 2. The summed E-state index contributed by atoms with van der Waals surface area (Å²) in [6, 6.07) is 3.87. The number of carbonyl (C=O) groups is 2. The van der Waals surface area contributed by atoms with Crippen LogP contribution in [-0.2, 0) is 28.7 Å². The van der Waals surface area contributed by atoms with Gasteiger partial charge in [0, 0.05) is 12.6 Å². The van der Waals surface area contributed by atoms with Crippen LogP contribution in [0.3, 0.4) is 0 Å². The molecule has 0 saturated heterocycles. The predicted molar refractivity (Wildman–Crippen MR) is 128 cm³/mol. The molecule has 0 saturated carbocycles. The molecule has 1 aromatic carbocycles.